The standard InChI is InChI=1S/C15H12ClN3O/c16-14-12-6-1-2-7-13(12)15(19-18-14)17-9-10-4-3-5-11(20)8-10/h1-8,20H,9H2,(H,17,19). The van der Waals surface area contributed by atoms with Gasteiger partial charge < -0.3 is 10.4 Å². The van der Waals surface area contributed by atoms with Crippen molar-refractivity contribution in [1.82, 2.24) is 10.2 Å². The predicted octanol–water partition coefficient (Wildman–Crippen LogP) is 3.60. The fourth-order valence-corrected chi connectivity index (χ4v) is 2.26. The van der Waals surface area contributed by atoms with E-state index in [9.17, 15) is 5.11 Å². The lowest BCUT2D eigenvalue weighted by atomic mass is 10.2. The van der Waals surface area contributed by atoms with Gasteiger partial charge in [-0.2, -0.15) is 0 Å². The number of phenols is 1. The summed E-state index contributed by atoms with van der Waals surface area (Å²) < 4.78 is 0. The van der Waals surface area contributed by atoms with Gasteiger partial charge in [0.05, 0.1) is 0 Å². The lowest BCUT2D eigenvalue weighted by Gasteiger charge is -2.09. The molecule has 2 N–H and O–H groups in total. The summed E-state index contributed by atoms with van der Waals surface area (Å²) in [7, 11) is 0. The largest absolute Gasteiger partial charge is 0.508 e. The molecule has 0 amide bonds. The summed E-state index contributed by atoms with van der Waals surface area (Å²) >= 11 is 6.03. The van der Waals surface area contributed by atoms with Crippen LogP contribution in [0.15, 0.2) is 48.5 Å². The molecular formula is C15H12ClN3O. The molecule has 20 heavy (non-hydrogen) atoms. The van der Waals surface area contributed by atoms with Gasteiger partial charge in [-0.3, -0.25) is 0 Å². The highest BCUT2D eigenvalue weighted by atomic mass is 35.5. The summed E-state index contributed by atoms with van der Waals surface area (Å²) in [5, 5.41) is 22.9. The van der Waals surface area contributed by atoms with E-state index in [1.807, 2.05) is 30.3 Å². The molecule has 0 unspecified atom stereocenters. The summed E-state index contributed by atoms with van der Waals surface area (Å²) in [6, 6.07) is 14.8. The first kappa shape index (κ1) is 12.7. The molecule has 2 aromatic carbocycles. The molecule has 0 aliphatic rings. The second kappa shape index (κ2) is 5.35. The molecule has 0 aliphatic heterocycles. The van der Waals surface area contributed by atoms with E-state index >= 15 is 0 Å². The summed E-state index contributed by atoms with van der Waals surface area (Å²) in [5.74, 6) is 0.921. The first-order valence-corrected chi connectivity index (χ1v) is 6.54. The third-order valence-corrected chi connectivity index (χ3v) is 3.29. The zero-order chi connectivity index (χ0) is 13.9. The van der Waals surface area contributed by atoms with Crippen LogP contribution in [0.2, 0.25) is 5.15 Å². The third kappa shape index (κ3) is 2.51. The number of aromatic nitrogens is 2. The number of fused-ring (bicyclic) bond motifs is 1. The number of nitrogens with one attached hydrogen (secondary N) is 1. The normalized spacial score (nSPS) is 10.7. The van der Waals surface area contributed by atoms with Crippen LogP contribution in [0.1, 0.15) is 5.56 Å². The molecule has 0 spiro atoms. The molecule has 0 aliphatic carbocycles. The van der Waals surface area contributed by atoms with Gasteiger partial charge in [-0.05, 0) is 17.7 Å². The van der Waals surface area contributed by atoms with Gasteiger partial charge >= 0.3 is 0 Å². The summed E-state index contributed by atoms with van der Waals surface area (Å²) in [5.41, 5.74) is 0.964. The van der Waals surface area contributed by atoms with Crippen LogP contribution >= 0.6 is 11.6 Å². The number of hydrogen-bond acceptors (Lipinski definition) is 4. The van der Waals surface area contributed by atoms with Gasteiger partial charge in [0, 0.05) is 17.3 Å². The third-order valence-electron chi connectivity index (χ3n) is 3.01. The molecular weight excluding hydrogens is 274 g/mol. The topological polar surface area (TPSA) is 58.0 Å². The van der Waals surface area contributed by atoms with Crippen molar-refractivity contribution in [3.05, 3.63) is 59.2 Å². The first-order chi connectivity index (χ1) is 9.74. The van der Waals surface area contributed by atoms with E-state index in [1.165, 1.54) is 0 Å². The number of halogens is 1. The smallest absolute Gasteiger partial charge is 0.159 e. The Kier molecular flexibility index (Phi) is 3.39. The van der Waals surface area contributed by atoms with Crippen molar-refractivity contribution in [2.24, 2.45) is 0 Å². The second-order valence-corrected chi connectivity index (χ2v) is 4.77. The van der Waals surface area contributed by atoms with Crippen molar-refractivity contribution in [2.45, 2.75) is 6.54 Å². The Morgan fingerprint density at radius 3 is 2.60 bits per heavy atom. The van der Waals surface area contributed by atoms with Crippen molar-refractivity contribution in [3.8, 4) is 5.75 Å². The molecule has 0 atom stereocenters. The van der Waals surface area contributed by atoms with Gasteiger partial charge in [-0.15, -0.1) is 10.2 Å². The van der Waals surface area contributed by atoms with E-state index in [-0.39, 0.29) is 5.75 Å². The monoisotopic (exact) mass is 285 g/mol. The molecule has 4 nitrogen and oxygen atoms in total. The fraction of sp³-hybridized carbons (Fsp3) is 0.0667. The van der Waals surface area contributed by atoms with Gasteiger partial charge in [-0.25, -0.2) is 0 Å². The lowest BCUT2D eigenvalue weighted by Crippen LogP contribution is -2.03. The van der Waals surface area contributed by atoms with Crippen molar-refractivity contribution in [1.29, 1.82) is 0 Å². The van der Waals surface area contributed by atoms with E-state index in [2.05, 4.69) is 15.5 Å². The molecule has 0 saturated carbocycles. The summed E-state index contributed by atoms with van der Waals surface area (Å²) in [4.78, 5) is 0. The highest BCUT2D eigenvalue weighted by Crippen LogP contribution is 2.26. The van der Waals surface area contributed by atoms with E-state index in [0.29, 0.717) is 17.5 Å². The Hall–Kier alpha value is -2.33. The van der Waals surface area contributed by atoms with Crippen molar-refractivity contribution in [3.63, 3.8) is 0 Å². The van der Waals surface area contributed by atoms with E-state index in [4.69, 9.17) is 11.6 Å². The first-order valence-electron chi connectivity index (χ1n) is 6.17. The molecule has 0 radical (unpaired) electrons. The zero-order valence-corrected chi connectivity index (χ0v) is 11.3. The van der Waals surface area contributed by atoms with Crippen LogP contribution in [0, 0.1) is 0 Å². The van der Waals surface area contributed by atoms with Gasteiger partial charge in [0.15, 0.2) is 11.0 Å². The molecule has 3 rings (SSSR count). The minimum Gasteiger partial charge on any atom is -0.508 e. The highest BCUT2D eigenvalue weighted by molar-refractivity contribution is 6.34. The molecule has 1 heterocycles. The SMILES string of the molecule is Oc1cccc(CNc2nnc(Cl)c3ccccc23)c1. The van der Waals surface area contributed by atoms with Gasteiger partial charge in [-0.1, -0.05) is 48.0 Å². The number of aromatic hydroxyl groups is 1. The Morgan fingerprint density at radius 2 is 1.80 bits per heavy atom. The van der Waals surface area contributed by atoms with Crippen LogP contribution < -0.4 is 5.32 Å². The van der Waals surface area contributed by atoms with Crippen molar-refractivity contribution in [2.75, 3.05) is 5.32 Å². The molecule has 0 bridgehead atoms. The summed E-state index contributed by atoms with van der Waals surface area (Å²) in [6.07, 6.45) is 0. The molecule has 100 valence electrons. The fourth-order valence-electron chi connectivity index (χ4n) is 2.05. The van der Waals surface area contributed by atoms with E-state index in [0.717, 1.165) is 16.3 Å². The number of anilines is 1. The zero-order valence-electron chi connectivity index (χ0n) is 10.5. The molecule has 0 saturated heterocycles. The summed E-state index contributed by atoms with van der Waals surface area (Å²) in [6.45, 7) is 0.550. The number of hydrogen-bond donors (Lipinski definition) is 2. The van der Waals surface area contributed by atoms with Crippen LogP contribution in [0.4, 0.5) is 5.82 Å². The molecule has 0 fully saturated rings. The number of benzene rings is 2. The Morgan fingerprint density at radius 1 is 1.00 bits per heavy atom. The maximum absolute atomic E-state index is 9.45. The van der Waals surface area contributed by atoms with Crippen LogP contribution in [0.25, 0.3) is 10.8 Å². The van der Waals surface area contributed by atoms with Crippen molar-refractivity contribution >= 4 is 28.2 Å². The maximum atomic E-state index is 9.45. The number of rotatable bonds is 3. The highest BCUT2D eigenvalue weighted by Gasteiger charge is 2.06. The number of phenolic OH excluding ortho intramolecular Hbond substituents is 1. The van der Waals surface area contributed by atoms with Crippen LogP contribution in [-0.4, -0.2) is 15.3 Å². The Labute approximate surface area is 121 Å². The van der Waals surface area contributed by atoms with Gasteiger partial charge in [0.25, 0.3) is 0 Å². The lowest BCUT2D eigenvalue weighted by molar-refractivity contribution is 0.474. The average Bonchev–Trinajstić information content (AvgIpc) is 2.47. The second-order valence-electron chi connectivity index (χ2n) is 4.41. The van der Waals surface area contributed by atoms with Crippen LogP contribution in [0.5, 0.6) is 5.75 Å². The molecule has 1 aromatic heterocycles. The molecule has 3 aromatic rings. The van der Waals surface area contributed by atoms with Gasteiger partial charge in [0.1, 0.15) is 5.75 Å². The Bertz CT molecular complexity index is 761. The quantitative estimate of drug-likeness (QED) is 0.772. The molecule has 5 heteroatoms. The van der Waals surface area contributed by atoms with E-state index < -0.39 is 0 Å². The maximum Gasteiger partial charge on any atom is 0.159 e. The number of nitrogens with zero attached hydrogens (tertiary/aromatic N) is 2. The van der Waals surface area contributed by atoms with E-state index in [1.54, 1.807) is 18.2 Å². The Balaban J connectivity index is 1.90. The minimum absolute atomic E-state index is 0.247. The van der Waals surface area contributed by atoms with Crippen LogP contribution in [-0.2, 0) is 6.54 Å². The van der Waals surface area contributed by atoms with Crippen LogP contribution in [0.3, 0.4) is 0 Å². The average molecular weight is 286 g/mol. The van der Waals surface area contributed by atoms with Gasteiger partial charge in [0.2, 0.25) is 0 Å². The minimum atomic E-state index is 0.247. The predicted molar refractivity (Wildman–Crippen MR) is 80.0 cm³/mol. The van der Waals surface area contributed by atoms with Crippen molar-refractivity contribution < 1.29 is 5.11 Å².